The molecule has 5 heteroatoms. The molecule has 0 aromatic heterocycles. The normalized spacial score (nSPS) is 13.5. The largest absolute Gasteiger partial charge is 0.276 e. The summed E-state index contributed by atoms with van der Waals surface area (Å²) in [6.07, 6.45) is 0. The first-order chi connectivity index (χ1) is 11.8. The molecule has 1 N–H and O–H groups in total. The molecule has 1 aliphatic heterocycles. The molecule has 0 aliphatic carbocycles. The van der Waals surface area contributed by atoms with E-state index in [0.717, 1.165) is 11.1 Å². The number of benzene rings is 2. The van der Waals surface area contributed by atoms with Gasteiger partial charge < -0.3 is 0 Å². The van der Waals surface area contributed by atoms with Crippen LogP contribution >= 0.6 is 11.6 Å². The molecule has 0 radical (unpaired) electrons. The predicted molar refractivity (Wildman–Crippen MR) is 93.6 cm³/mol. The molecular weight excluding hydrogens is 320 g/mol. The van der Waals surface area contributed by atoms with Gasteiger partial charge in [0, 0.05) is 11.1 Å². The first-order valence-corrected chi connectivity index (χ1v) is 7.53. The lowest BCUT2D eigenvalue weighted by Gasteiger charge is -2.21. The summed E-state index contributed by atoms with van der Waals surface area (Å²) in [4.78, 5) is 0. The van der Waals surface area contributed by atoms with Gasteiger partial charge in [0.05, 0.1) is 16.3 Å². The van der Waals surface area contributed by atoms with Crippen molar-refractivity contribution in [3.63, 3.8) is 0 Å². The molecule has 0 bridgehead atoms. The van der Waals surface area contributed by atoms with Gasteiger partial charge in [-0.2, -0.15) is 15.6 Å². The van der Waals surface area contributed by atoms with Gasteiger partial charge in [0.1, 0.15) is 23.4 Å². The highest BCUT2D eigenvalue weighted by molar-refractivity contribution is 6.41. The molecule has 0 saturated heterocycles. The van der Waals surface area contributed by atoms with E-state index in [1.165, 1.54) is 0 Å². The molecule has 0 amide bonds. The van der Waals surface area contributed by atoms with Crippen LogP contribution in [0.15, 0.2) is 81.9 Å². The second-order valence-electron chi connectivity index (χ2n) is 4.97. The third-order valence-corrected chi connectivity index (χ3v) is 3.92. The summed E-state index contributed by atoms with van der Waals surface area (Å²) in [5.74, 6) is 0. The Bertz CT molecular complexity index is 926. The molecular formula is C19H11ClN4. The van der Waals surface area contributed by atoms with Gasteiger partial charge >= 0.3 is 0 Å². The summed E-state index contributed by atoms with van der Waals surface area (Å²) >= 11 is 6.56. The number of nitrogens with zero attached hydrogens (tertiary/aromatic N) is 3. The van der Waals surface area contributed by atoms with Crippen molar-refractivity contribution < 1.29 is 0 Å². The Morgan fingerprint density at radius 1 is 0.875 bits per heavy atom. The molecule has 2 aromatic rings. The number of hydrogen-bond donors (Lipinski definition) is 1. The summed E-state index contributed by atoms with van der Waals surface area (Å²) in [5, 5.41) is 23.3. The van der Waals surface area contributed by atoms with E-state index in [0.29, 0.717) is 22.0 Å². The van der Waals surface area contributed by atoms with Crippen LogP contribution in [-0.4, -0.2) is 5.71 Å². The number of hydrogen-bond acceptors (Lipinski definition) is 4. The molecule has 114 valence electrons. The minimum atomic E-state index is -0.0717. The summed E-state index contributed by atoms with van der Waals surface area (Å²) in [5.41, 5.74) is 5.85. The maximum atomic E-state index is 9.33. The van der Waals surface area contributed by atoms with E-state index in [9.17, 15) is 10.5 Å². The molecule has 1 heterocycles. The Kier molecular flexibility index (Phi) is 4.43. The van der Waals surface area contributed by atoms with Crippen LogP contribution in [0.25, 0.3) is 5.70 Å². The van der Waals surface area contributed by atoms with E-state index in [-0.39, 0.29) is 5.57 Å². The van der Waals surface area contributed by atoms with Crippen LogP contribution in [0.3, 0.4) is 0 Å². The van der Waals surface area contributed by atoms with Gasteiger partial charge in [0.25, 0.3) is 0 Å². The Morgan fingerprint density at radius 3 is 1.96 bits per heavy atom. The average molecular weight is 331 g/mol. The maximum absolute atomic E-state index is 9.33. The van der Waals surface area contributed by atoms with Gasteiger partial charge in [0.15, 0.2) is 0 Å². The van der Waals surface area contributed by atoms with Gasteiger partial charge in [-0.15, -0.1) is 0 Å². The molecule has 3 rings (SSSR count). The van der Waals surface area contributed by atoms with Gasteiger partial charge in [-0.1, -0.05) is 72.3 Å². The van der Waals surface area contributed by atoms with Crippen molar-refractivity contribution in [2.75, 3.05) is 0 Å². The van der Waals surface area contributed by atoms with Gasteiger partial charge in [-0.25, -0.2) is 0 Å². The van der Waals surface area contributed by atoms with E-state index in [1.807, 2.05) is 72.8 Å². The van der Waals surface area contributed by atoms with Gasteiger partial charge in [-0.3, -0.25) is 5.43 Å². The highest BCUT2D eigenvalue weighted by atomic mass is 35.5. The van der Waals surface area contributed by atoms with Crippen molar-refractivity contribution in [1.82, 2.24) is 5.43 Å². The zero-order chi connectivity index (χ0) is 16.9. The van der Waals surface area contributed by atoms with E-state index >= 15 is 0 Å². The van der Waals surface area contributed by atoms with Crippen LogP contribution < -0.4 is 5.43 Å². The quantitative estimate of drug-likeness (QED) is 0.847. The fourth-order valence-electron chi connectivity index (χ4n) is 2.41. The molecule has 24 heavy (non-hydrogen) atoms. The van der Waals surface area contributed by atoms with Crippen molar-refractivity contribution >= 4 is 23.0 Å². The lowest BCUT2D eigenvalue weighted by molar-refractivity contribution is 0.974. The van der Waals surface area contributed by atoms with Crippen LogP contribution in [0.1, 0.15) is 11.1 Å². The number of nitrogens with one attached hydrogen (secondary N) is 1. The topological polar surface area (TPSA) is 72.0 Å². The van der Waals surface area contributed by atoms with Crippen molar-refractivity contribution in [2.24, 2.45) is 5.10 Å². The first-order valence-electron chi connectivity index (χ1n) is 7.15. The molecule has 0 unspecified atom stereocenters. The number of allylic oxidation sites excluding steroid dienone is 3. The molecule has 0 atom stereocenters. The maximum Gasteiger partial charge on any atom is 0.140 e. The van der Waals surface area contributed by atoms with Gasteiger partial charge in [0.2, 0.25) is 0 Å². The summed E-state index contributed by atoms with van der Waals surface area (Å²) < 4.78 is 0. The highest BCUT2D eigenvalue weighted by Crippen LogP contribution is 2.32. The predicted octanol–water partition coefficient (Wildman–Crippen LogP) is 3.95. The fourth-order valence-corrected chi connectivity index (χ4v) is 2.75. The smallest absolute Gasteiger partial charge is 0.140 e. The number of nitriles is 2. The molecule has 0 saturated carbocycles. The zero-order valence-electron chi connectivity index (χ0n) is 12.5. The van der Waals surface area contributed by atoms with Crippen molar-refractivity contribution in [1.29, 1.82) is 10.5 Å². The van der Waals surface area contributed by atoms with Crippen molar-refractivity contribution in [2.45, 2.75) is 0 Å². The van der Waals surface area contributed by atoms with Crippen LogP contribution in [0.4, 0.5) is 0 Å². The average Bonchev–Trinajstić information content (AvgIpc) is 2.65. The van der Waals surface area contributed by atoms with Crippen LogP contribution in [-0.2, 0) is 0 Å². The van der Waals surface area contributed by atoms with E-state index in [2.05, 4.69) is 10.5 Å². The lowest BCUT2D eigenvalue weighted by Crippen LogP contribution is -2.21. The van der Waals surface area contributed by atoms with E-state index < -0.39 is 0 Å². The monoisotopic (exact) mass is 330 g/mol. The minimum absolute atomic E-state index is 0.0717. The highest BCUT2D eigenvalue weighted by Gasteiger charge is 2.26. The van der Waals surface area contributed by atoms with Crippen molar-refractivity contribution in [3.8, 4) is 12.1 Å². The fraction of sp³-hybridized carbons (Fsp3) is 0. The molecule has 0 spiro atoms. The molecule has 0 fully saturated rings. The Labute approximate surface area is 144 Å². The SMILES string of the molecule is N#CC(C#N)=C1C(c2ccccc2)=NNC(c2ccccc2)=C1Cl. The second-order valence-corrected chi connectivity index (χ2v) is 5.34. The molecule has 4 nitrogen and oxygen atoms in total. The standard InChI is InChI=1S/C19H11ClN4/c20-17-16(15(11-21)12-22)18(13-7-3-1-4-8-13)23-24-19(17)14-9-5-2-6-10-14/h1-10,24H. The van der Waals surface area contributed by atoms with Crippen molar-refractivity contribution in [3.05, 3.63) is 88.0 Å². The van der Waals surface area contributed by atoms with E-state index in [1.54, 1.807) is 0 Å². The number of rotatable bonds is 2. The van der Waals surface area contributed by atoms with E-state index in [4.69, 9.17) is 11.6 Å². The summed E-state index contributed by atoms with van der Waals surface area (Å²) in [6, 6.07) is 22.5. The number of hydrazone groups is 1. The lowest BCUT2D eigenvalue weighted by atomic mass is 9.95. The first kappa shape index (κ1) is 15.6. The Morgan fingerprint density at radius 2 is 1.42 bits per heavy atom. The second kappa shape index (κ2) is 6.83. The zero-order valence-corrected chi connectivity index (χ0v) is 13.2. The van der Waals surface area contributed by atoms with Crippen LogP contribution in [0, 0.1) is 22.7 Å². The molecule has 1 aliphatic rings. The number of halogens is 1. The Hall–Kier alpha value is -3.34. The third-order valence-electron chi connectivity index (χ3n) is 3.54. The van der Waals surface area contributed by atoms with Crippen LogP contribution in [0.2, 0.25) is 0 Å². The summed E-state index contributed by atoms with van der Waals surface area (Å²) in [7, 11) is 0. The summed E-state index contributed by atoms with van der Waals surface area (Å²) in [6.45, 7) is 0. The minimum Gasteiger partial charge on any atom is -0.276 e. The molecule has 2 aromatic carbocycles. The van der Waals surface area contributed by atoms with Gasteiger partial charge in [-0.05, 0) is 0 Å². The van der Waals surface area contributed by atoms with Crippen LogP contribution in [0.5, 0.6) is 0 Å². The third kappa shape index (κ3) is 2.79. The Balaban J connectivity index is 2.21.